The lowest BCUT2D eigenvalue weighted by molar-refractivity contribution is 0.413. The first-order valence-electron chi connectivity index (χ1n) is 5.49. The van der Waals surface area contributed by atoms with Crippen LogP contribution in [-0.2, 0) is 0 Å². The molecule has 2 aromatic rings. The molecule has 0 radical (unpaired) electrons. The Labute approximate surface area is 105 Å². The Kier molecular flexibility index (Phi) is 3.93. The molecule has 1 unspecified atom stereocenters. The predicted molar refractivity (Wildman–Crippen MR) is 69.6 cm³/mol. The molecule has 1 N–H and O–H groups in total. The van der Waals surface area contributed by atoms with E-state index in [0.717, 1.165) is 23.0 Å². The van der Waals surface area contributed by atoms with Crippen molar-refractivity contribution in [2.75, 3.05) is 12.4 Å². The van der Waals surface area contributed by atoms with E-state index in [2.05, 4.69) is 22.2 Å². The zero-order chi connectivity index (χ0) is 12.1. The lowest BCUT2D eigenvalue weighted by Gasteiger charge is -2.15. The highest BCUT2D eigenvalue weighted by molar-refractivity contribution is 7.09. The van der Waals surface area contributed by atoms with E-state index < -0.39 is 0 Å². The van der Waals surface area contributed by atoms with Crippen molar-refractivity contribution in [1.29, 1.82) is 0 Å². The minimum absolute atomic E-state index is 0.218. The van der Waals surface area contributed by atoms with Crippen molar-refractivity contribution in [3.05, 3.63) is 34.9 Å². The number of pyridine rings is 1. The number of rotatable bonds is 5. The largest absolute Gasteiger partial charge is 0.495 e. The number of hydrogen-bond donors (Lipinski definition) is 1. The summed E-state index contributed by atoms with van der Waals surface area (Å²) >= 11 is 1.66. The van der Waals surface area contributed by atoms with E-state index in [9.17, 15) is 0 Å². The molecule has 0 aromatic carbocycles. The Morgan fingerprint density at radius 2 is 2.29 bits per heavy atom. The molecule has 0 aliphatic carbocycles. The number of ether oxygens (including phenoxy) is 1. The van der Waals surface area contributed by atoms with Crippen LogP contribution in [0.1, 0.15) is 24.4 Å². The summed E-state index contributed by atoms with van der Waals surface area (Å²) < 4.78 is 5.07. The van der Waals surface area contributed by atoms with Crippen LogP contribution in [0.5, 0.6) is 5.75 Å². The van der Waals surface area contributed by atoms with Crippen molar-refractivity contribution in [3.63, 3.8) is 0 Å². The van der Waals surface area contributed by atoms with Gasteiger partial charge in [0.2, 0.25) is 0 Å². The Hall–Kier alpha value is -1.62. The zero-order valence-electron chi connectivity index (χ0n) is 9.88. The highest BCUT2D eigenvalue weighted by Gasteiger charge is 2.11. The second-order valence-corrected chi connectivity index (χ2v) is 4.48. The molecular weight excluding hydrogens is 234 g/mol. The number of methoxy groups -OCH3 is 1. The maximum Gasteiger partial charge on any atom is 0.137 e. The number of hydrogen-bond acceptors (Lipinski definition) is 5. The van der Waals surface area contributed by atoms with Crippen molar-refractivity contribution in [3.8, 4) is 5.75 Å². The van der Waals surface area contributed by atoms with Gasteiger partial charge in [0, 0.05) is 11.6 Å². The van der Waals surface area contributed by atoms with Crippen LogP contribution in [0, 0.1) is 0 Å². The van der Waals surface area contributed by atoms with Crippen molar-refractivity contribution < 1.29 is 4.74 Å². The molecule has 2 heterocycles. The van der Waals surface area contributed by atoms with Gasteiger partial charge < -0.3 is 10.1 Å². The molecule has 0 bridgehead atoms. The third-order valence-corrected chi connectivity index (χ3v) is 3.34. The summed E-state index contributed by atoms with van der Waals surface area (Å²) in [4.78, 5) is 8.61. The molecule has 0 fully saturated rings. The molecule has 17 heavy (non-hydrogen) atoms. The fraction of sp³-hybridized carbons (Fsp3) is 0.333. The first-order valence-corrected chi connectivity index (χ1v) is 6.37. The summed E-state index contributed by atoms with van der Waals surface area (Å²) in [5.74, 6) is 1.60. The standard InChI is InChI=1S/C12H15N3OS/c1-3-10(12-13-6-7-17-12)15-11-5-4-9(16-2)8-14-11/h4-8,10H,3H2,1-2H3,(H,14,15). The van der Waals surface area contributed by atoms with Crippen LogP contribution in [-0.4, -0.2) is 17.1 Å². The highest BCUT2D eigenvalue weighted by atomic mass is 32.1. The molecular formula is C12H15N3OS. The van der Waals surface area contributed by atoms with Crippen LogP contribution in [0.25, 0.3) is 0 Å². The summed E-state index contributed by atoms with van der Waals surface area (Å²) in [5.41, 5.74) is 0. The maximum absolute atomic E-state index is 5.07. The molecule has 0 aliphatic heterocycles. The van der Waals surface area contributed by atoms with Crippen LogP contribution in [0.2, 0.25) is 0 Å². The van der Waals surface area contributed by atoms with E-state index in [4.69, 9.17) is 4.74 Å². The molecule has 0 amide bonds. The summed E-state index contributed by atoms with van der Waals surface area (Å²) in [5, 5.41) is 6.44. The van der Waals surface area contributed by atoms with Gasteiger partial charge in [-0.3, -0.25) is 0 Å². The van der Waals surface area contributed by atoms with Gasteiger partial charge in [0.1, 0.15) is 16.6 Å². The number of aromatic nitrogens is 2. The molecule has 0 saturated heterocycles. The van der Waals surface area contributed by atoms with Crippen LogP contribution in [0.4, 0.5) is 5.82 Å². The minimum atomic E-state index is 0.218. The summed E-state index contributed by atoms with van der Waals surface area (Å²) in [6.45, 7) is 2.13. The van der Waals surface area contributed by atoms with E-state index in [-0.39, 0.29) is 6.04 Å². The highest BCUT2D eigenvalue weighted by Crippen LogP contribution is 2.23. The van der Waals surface area contributed by atoms with E-state index in [1.54, 1.807) is 24.6 Å². The Morgan fingerprint density at radius 1 is 1.41 bits per heavy atom. The fourth-order valence-corrected chi connectivity index (χ4v) is 2.28. The number of nitrogens with one attached hydrogen (secondary N) is 1. The summed E-state index contributed by atoms with van der Waals surface area (Å²) in [6, 6.07) is 4.02. The van der Waals surface area contributed by atoms with Gasteiger partial charge in [-0.1, -0.05) is 6.92 Å². The normalized spacial score (nSPS) is 12.1. The van der Waals surface area contributed by atoms with Crippen molar-refractivity contribution in [1.82, 2.24) is 9.97 Å². The van der Waals surface area contributed by atoms with Crippen LogP contribution in [0.15, 0.2) is 29.9 Å². The van der Waals surface area contributed by atoms with Gasteiger partial charge >= 0.3 is 0 Å². The maximum atomic E-state index is 5.07. The molecule has 5 heteroatoms. The van der Waals surface area contributed by atoms with Gasteiger partial charge in [0.05, 0.1) is 19.3 Å². The molecule has 0 aliphatic rings. The topological polar surface area (TPSA) is 47.0 Å². The van der Waals surface area contributed by atoms with Crippen LogP contribution in [0.3, 0.4) is 0 Å². The molecule has 0 spiro atoms. The van der Waals surface area contributed by atoms with Crippen molar-refractivity contribution >= 4 is 17.2 Å². The third kappa shape index (κ3) is 2.94. The fourth-order valence-electron chi connectivity index (χ4n) is 1.51. The first kappa shape index (κ1) is 11.9. The van der Waals surface area contributed by atoms with Crippen molar-refractivity contribution in [2.24, 2.45) is 0 Å². The molecule has 2 rings (SSSR count). The first-order chi connectivity index (χ1) is 8.33. The average Bonchev–Trinajstić information content (AvgIpc) is 2.90. The summed E-state index contributed by atoms with van der Waals surface area (Å²) in [6.07, 6.45) is 4.50. The second kappa shape index (κ2) is 5.63. The molecule has 90 valence electrons. The zero-order valence-corrected chi connectivity index (χ0v) is 10.7. The lowest BCUT2D eigenvalue weighted by atomic mass is 10.2. The molecule has 2 aromatic heterocycles. The smallest absolute Gasteiger partial charge is 0.137 e. The monoisotopic (exact) mass is 249 g/mol. The van der Waals surface area contributed by atoms with Gasteiger partial charge in [-0.25, -0.2) is 9.97 Å². The average molecular weight is 249 g/mol. The second-order valence-electron chi connectivity index (χ2n) is 3.56. The van der Waals surface area contributed by atoms with Gasteiger partial charge in [0.15, 0.2) is 0 Å². The number of anilines is 1. The van der Waals surface area contributed by atoms with Crippen molar-refractivity contribution in [2.45, 2.75) is 19.4 Å². The number of nitrogens with zero attached hydrogens (tertiary/aromatic N) is 2. The Balaban J connectivity index is 2.07. The third-order valence-electron chi connectivity index (χ3n) is 2.45. The summed E-state index contributed by atoms with van der Waals surface area (Å²) in [7, 11) is 1.63. The van der Waals surface area contributed by atoms with E-state index in [0.29, 0.717) is 0 Å². The Morgan fingerprint density at radius 3 is 2.82 bits per heavy atom. The van der Waals surface area contributed by atoms with Gasteiger partial charge in [-0.2, -0.15) is 0 Å². The SMILES string of the molecule is CCC(Nc1ccc(OC)cn1)c1nccs1. The quantitative estimate of drug-likeness (QED) is 0.884. The number of thiazole rings is 1. The lowest BCUT2D eigenvalue weighted by Crippen LogP contribution is -2.10. The van der Waals surface area contributed by atoms with Gasteiger partial charge in [0.25, 0.3) is 0 Å². The van der Waals surface area contributed by atoms with E-state index in [1.165, 1.54) is 0 Å². The minimum Gasteiger partial charge on any atom is -0.495 e. The van der Waals surface area contributed by atoms with Crippen LogP contribution < -0.4 is 10.1 Å². The van der Waals surface area contributed by atoms with Gasteiger partial charge in [-0.05, 0) is 18.6 Å². The molecule has 0 saturated carbocycles. The van der Waals surface area contributed by atoms with Crippen LogP contribution >= 0.6 is 11.3 Å². The van der Waals surface area contributed by atoms with E-state index >= 15 is 0 Å². The molecule has 4 nitrogen and oxygen atoms in total. The predicted octanol–water partition coefficient (Wildman–Crippen LogP) is 3.11. The van der Waals surface area contributed by atoms with Gasteiger partial charge in [-0.15, -0.1) is 11.3 Å². The Bertz CT molecular complexity index is 441. The van der Waals surface area contributed by atoms with E-state index in [1.807, 2.05) is 23.7 Å². The molecule has 1 atom stereocenters.